The molecule has 0 aliphatic rings. The van der Waals surface area contributed by atoms with Crippen LogP contribution in [0.15, 0.2) is 72.8 Å². The van der Waals surface area contributed by atoms with Gasteiger partial charge in [0, 0.05) is 29.1 Å². The second-order valence-corrected chi connectivity index (χ2v) is 6.22. The van der Waals surface area contributed by atoms with Crippen molar-refractivity contribution in [3.63, 3.8) is 0 Å². The van der Waals surface area contributed by atoms with Crippen LogP contribution in [0, 0.1) is 6.92 Å². The maximum absolute atomic E-state index is 12.9. The molecule has 1 heterocycles. The van der Waals surface area contributed by atoms with Gasteiger partial charge in [0.15, 0.2) is 5.78 Å². The van der Waals surface area contributed by atoms with E-state index in [-0.39, 0.29) is 5.78 Å². The van der Waals surface area contributed by atoms with Gasteiger partial charge in [-0.15, -0.1) is 0 Å². The standard InChI is InChI=1S/C22H18N2O/c1-15-13-20-19(14-18(15)22(25)17-11-7-4-8-12-17)21(23-24(20)2)16-9-5-3-6-10-16/h3-14H,1-2H3. The molecule has 3 heteroatoms. The molecular formula is C22H18N2O. The van der Waals surface area contributed by atoms with Crippen LogP contribution in [-0.4, -0.2) is 15.6 Å². The van der Waals surface area contributed by atoms with Crippen molar-refractivity contribution in [1.29, 1.82) is 0 Å². The van der Waals surface area contributed by atoms with E-state index in [1.165, 1.54) is 0 Å². The molecule has 0 amide bonds. The first kappa shape index (κ1) is 15.3. The lowest BCUT2D eigenvalue weighted by Crippen LogP contribution is -2.03. The minimum atomic E-state index is 0.0443. The number of hydrogen-bond acceptors (Lipinski definition) is 2. The highest BCUT2D eigenvalue weighted by atomic mass is 16.1. The van der Waals surface area contributed by atoms with Crippen molar-refractivity contribution in [2.75, 3.05) is 0 Å². The minimum Gasteiger partial charge on any atom is -0.289 e. The van der Waals surface area contributed by atoms with Crippen LogP contribution in [0.25, 0.3) is 22.2 Å². The molecule has 122 valence electrons. The predicted molar refractivity (Wildman–Crippen MR) is 101 cm³/mol. The van der Waals surface area contributed by atoms with Gasteiger partial charge >= 0.3 is 0 Å². The van der Waals surface area contributed by atoms with E-state index in [4.69, 9.17) is 0 Å². The van der Waals surface area contributed by atoms with Crippen LogP contribution in [0.5, 0.6) is 0 Å². The number of rotatable bonds is 3. The number of benzene rings is 3. The second kappa shape index (κ2) is 6.02. The van der Waals surface area contributed by atoms with Gasteiger partial charge in [0.2, 0.25) is 0 Å². The fourth-order valence-electron chi connectivity index (χ4n) is 3.21. The third-order valence-electron chi connectivity index (χ3n) is 4.52. The molecule has 0 spiro atoms. The zero-order valence-electron chi connectivity index (χ0n) is 14.2. The average Bonchev–Trinajstić information content (AvgIpc) is 2.98. The van der Waals surface area contributed by atoms with Crippen molar-refractivity contribution < 1.29 is 4.79 Å². The summed E-state index contributed by atoms with van der Waals surface area (Å²) >= 11 is 0. The third-order valence-corrected chi connectivity index (χ3v) is 4.52. The maximum Gasteiger partial charge on any atom is 0.193 e. The van der Waals surface area contributed by atoms with Crippen molar-refractivity contribution in [2.24, 2.45) is 7.05 Å². The summed E-state index contributed by atoms with van der Waals surface area (Å²) in [5.41, 5.74) is 5.37. The summed E-state index contributed by atoms with van der Waals surface area (Å²) in [4.78, 5) is 12.9. The number of aryl methyl sites for hydroxylation is 2. The molecule has 3 nitrogen and oxygen atoms in total. The minimum absolute atomic E-state index is 0.0443. The topological polar surface area (TPSA) is 34.9 Å². The highest BCUT2D eigenvalue weighted by Gasteiger charge is 2.17. The van der Waals surface area contributed by atoms with Crippen LogP contribution in [0.4, 0.5) is 0 Å². The molecule has 0 N–H and O–H groups in total. The normalized spacial score (nSPS) is 11.0. The summed E-state index contributed by atoms with van der Waals surface area (Å²) < 4.78 is 1.88. The van der Waals surface area contributed by atoms with E-state index in [1.54, 1.807) is 0 Å². The summed E-state index contributed by atoms with van der Waals surface area (Å²) in [5.74, 6) is 0.0443. The third kappa shape index (κ3) is 2.64. The van der Waals surface area contributed by atoms with Gasteiger partial charge in [-0.2, -0.15) is 5.10 Å². The lowest BCUT2D eigenvalue weighted by Gasteiger charge is -2.07. The fraction of sp³-hybridized carbons (Fsp3) is 0.0909. The van der Waals surface area contributed by atoms with E-state index in [9.17, 15) is 4.79 Å². The summed E-state index contributed by atoms with van der Waals surface area (Å²) in [6.45, 7) is 1.98. The Bertz CT molecular complexity index is 1060. The highest BCUT2D eigenvalue weighted by Crippen LogP contribution is 2.30. The van der Waals surface area contributed by atoms with Crippen LogP contribution in [0.2, 0.25) is 0 Å². The first-order chi connectivity index (χ1) is 12.1. The Kier molecular flexibility index (Phi) is 3.69. The van der Waals surface area contributed by atoms with Gasteiger partial charge in [-0.3, -0.25) is 9.48 Å². The number of nitrogens with zero attached hydrogens (tertiary/aromatic N) is 2. The molecule has 0 unspecified atom stereocenters. The second-order valence-electron chi connectivity index (χ2n) is 6.22. The van der Waals surface area contributed by atoms with Crippen molar-refractivity contribution in [1.82, 2.24) is 9.78 Å². The molecular weight excluding hydrogens is 308 g/mol. The predicted octanol–water partition coefficient (Wildman–Crippen LogP) is 4.78. The quantitative estimate of drug-likeness (QED) is 0.508. The lowest BCUT2D eigenvalue weighted by molar-refractivity contribution is 0.103. The fourth-order valence-corrected chi connectivity index (χ4v) is 3.21. The van der Waals surface area contributed by atoms with Crippen molar-refractivity contribution in [2.45, 2.75) is 6.92 Å². The number of aromatic nitrogens is 2. The van der Waals surface area contributed by atoms with Crippen molar-refractivity contribution >= 4 is 16.7 Å². The summed E-state index contributed by atoms with van der Waals surface area (Å²) in [5, 5.41) is 5.68. The van der Waals surface area contributed by atoms with E-state index >= 15 is 0 Å². The van der Waals surface area contributed by atoms with Gasteiger partial charge in [0.1, 0.15) is 5.69 Å². The molecule has 4 aromatic rings. The molecule has 0 radical (unpaired) electrons. The summed E-state index contributed by atoms with van der Waals surface area (Å²) in [6, 6.07) is 23.5. The number of carbonyl (C=O) groups is 1. The van der Waals surface area contributed by atoms with E-state index in [2.05, 4.69) is 5.10 Å². The molecule has 1 aromatic heterocycles. The molecule has 25 heavy (non-hydrogen) atoms. The molecule has 0 saturated carbocycles. The number of ketones is 1. The van der Waals surface area contributed by atoms with Crippen LogP contribution < -0.4 is 0 Å². The number of carbonyl (C=O) groups excluding carboxylic acids is 1. The SMILES string of the molecule is Cc1cc2c(cc1C(=O)c1ccccc1)c(-c1ccccc1)nn2C. The zero-order chi connectivity index (χ0) is 17.4. The van der Waals surface area contributed by atoms with E-state index in [0.717, 1.165) is 33.3 Å². The first-order valence-electron chi connectivity index (χ1n) is 8.27. The molecule has 0 atom stereocenters. The van der Waals surface area contributed by atoms with Gasteiger partial charge in [0.25, 0.3) is 0 Å². The number of hydrogen-bond donors (Lipinski definition) is 0. The Morgan fingerprint density at radius 2 is 1.56 bits per heavy atom. The summed E-state index contributed by atoms with van der Waals surface area (Å²) in [7, 11) is 1.94. The van der Waals surface area contributed by atoms with Gasteiger partial charge in [-0.05, 0) is 24.6 Å². The lowest BCUT2D eigenvalue weighted by atomic mass is 9.96. The Hall–Kier alpha value is -3.20. The van der Waals surface area contributed by atoms with Crippen LogP contribution in [-0.2, 0) is 7.05 Å². The van der Waals surface area contributed by atoms with E-state index < -0.39 is 0 Å². The van der Waals surface area contributed by atoms with Crippen molar-refractivity contribution in [3.05, 3.63) is 89.5 Å². The average molecular weight is 326 g/mol. The van der Waals surface area contributed by atoms with E-state index in [0.29, 0.717) is 5.56 Å². The van der Waals surface area contributed by atoms with Crippen LogP contribution in [0.1, 0.15) is 21.5 Å². The molecule has 0 aliphatic heterocycles. The molecule has 3 aromatic carbocycles. The summed E-state index contributed by atoms with van der Waals surface area (Å²) in [6.07, 6.45) is 0. The maximum atomic E-state index is 12.9. The Morgan fingerprint density at radius 1 is 0.920 bits per heavy atom. The van der Waals surface area contributed by atoms with Gasteiger partial charge in [-0.1, -0.05) is 60.7 Å². The van der Waals surface area contributed by atoms with E-state index in [1.807, 2.05) is 91.4 Å². The molecule has 0 aliphatic carbocycles. The Morgan fingerprint density at radius 3 is 2.24 bits per heavy atom. The highest BCUT2D eigenvalue weighted by molar-refractivity contribution is 6.12. The van der Waals surface area contributed by atoms with Gasteiger partial charge in [-0.25, -0.2) is 0 Å². The molecule has 4 rings (SSSR count). The monoisotopic (exact) mass is 326 g/mol. The first-order valence-corrected chi connectivity index (χ1v) is 8.27. The Labute approximate surface area is 146 Å². The largest absolute Gasteiger partial charge is 0.289 e. The van der Waals surface area contributed by atoms with Gasteiger partial charge < -0.3 is 0 Å². The van der Waals surface area contributed by atoms with Gasteiger partial charge in [0.05, 0.1) is 5.52 Å². The van der Waals surface area contributed by atoms with Crippen LogP contribution in [0.3, 0.4) is 0 Å². The van der Waals surface area contributed by atoms with Crippen LogP contribution >= 0.6 is 0 Å². The molecule has 0 fully saturated rings. The zero-order valence-corrected chi connectivity index (χ0v) is 14.2. The number of fused-ring (bicyclic) bond motifs is 1. The molecule has 0 bridgehead atoms. The van der Waals surface area contributed by atoms with Crippen molar-refractivity contribution in [3.8, 4) is 11.3 Å². The smallest absolute Gasteiger partial charge is 0.193 e. The molecule has 0 saturated heterocycles. The Balaban J connectivity index is 1.93.